The van der Waals surface area contributed by atoms with Crippen LogP contribution >= 0.6 is 0 Å². The molecule has 0 unspecified atom stereocenters. The highest BCUT2D eigenvalue weighted by Gasteiger charge is 2.13. The van der Waals surface area contributed by atoms with E-state index in [9.17, 15) is 4.79 Å². The maximum Gasteiger partial charge on any atom is 0.224 e. The molecule has 0 aliphatic heterocycles. The van der Waals surface area contributed by atoms with Crippen molar-refractivity contribution in [3.05, 3.63) is 65.2 Å². The molecule has 0 atom stereocenters. The minimum atomic E-state index is 0.0612. The van der Waals surface area contributed by atoms with Gasteiger partial charge in [-0.25, -0.2) is 0 Å². The van der Waals surface area contributed by atoms with Gasteiger partial charge in [-0.1, -0.05) is 63.2 Å². The van der Waals surface area contributed by atoms with Gasteiger partial charge in [0.15, 0.2) is 0 Å². The van der Waals surface area contributed by atoms with Gasteiger partial charge in [0, 0.05) is 18.7 Å². The summed E-state index contributed by atoms with van der Waals surface area (Å²) in [5, 5.41) is 3.06. The summed E-state index contributed by atoms with van der Waals surface area (Å²) in [4.78, 5) is 14.4. The molecular weight excluding hydrogens is 308 g/mol. The molecule has 2 rings (SSSR count). The average molecular weight is 338 g/mol. The Balaban J connectivity index is 1.93. The molecule has 0 aliphatic carbocycles. The fraction of sp³-hybridized carbons (Fsp3) is 0.409. The number of anilines is 1. The Kier molecular flexibility index (Phi) is 6.38. The molecule has 25 heavy (non-hydrogen) atoms. The molecule has 0 bridgehead atoms. The number of para-hydroxylation sites is 1. The number of carbonyl (C=O) groups is 1. The third-order valence-corrected chi connectivity index (χ3v) is 4.24. The van der Waals surface area contributed by atoms with Gasteiger partial charge in [-0.15, -0.1) is 0 Å². The highest BCUT2D eigenvalue weighted by Crippen LogP contribution is 2.22. The van der Waals surface area contributed by atoms with Crippen molar-refractivity contribution in [2.24, 2.45) is 0 Å². The van der Waals surface area contributed by atoms with Crippen molar-refractivity contribution in [3.8, 4) is 0 Å². The van der Waals surface area contributed by atoms with Gasteiger partial charge in [-0.05, 0) is 48.7 Å². The first-order valence-electron chi connectivity index (χ1n) is 8.87. The third kappa shape index (κ3) is 6.02. The summed E-state index contributed by atoms with van der Waals surface area (Å²) in [6, 6.07) is 16.6. The van der Waals surface area contributed by atoms with Crippen LogP contribution in [0.2, 0.25) is 0 Å². The normalized spacial score (nSPS) is 11.6. The van der Waals surface area contributed by atoms with Crippen molar-refractivity contribution in [2.75, 3.05) is 19.4 Å². The lowest BCUT2D eigenvalue weighted by Gasteiger charge is -2.19. The van der Waals surface area contributed by atoms with Gasteiger partial charge < -0.3 is 10.2 Å². The Morgan fingerprint density at radius 2 is 1.64 bits per heavy atom. The fourth-order valence-corrected chi connectivity index (χ4v) is 2.76. The molecule has 3 heteroatoms. The lowest BCUT2D eigenvalue weighted by Crippen LogP contribution is -2.17. The molecule has 0 spiro atoms. The number of carbonyl (C=O) groups excluding carboxylic acids is 1. The molecule has 2 aromatic rings. The second-order valence-corrected chi connectivity index (χ2v) is 7.89. The van der Waals surface area contributed by atoms with Crippen molar-refractivity contribution >= 4 is 11.6 Å². The first kappa shape index (κ1) is 19.2. The van der Waals surface area contributed by atoms with Crippen LogP contribution in [-0.2, 0) is 23.2 Å². The van der Waals surface area contributed by atoms with Gasteiger partial charge in [0.25, 0.3) is 0 Å². The third-order valence-electron chi connectivity index (χ3n) is 4.24. The number of amides is 1. The van der Waals surface area contributed by atoms with Crippen LogP contribution < -0.4 is 5.32 Å². The van der Waals surface area contributed by atoms with Crippen molar-refractivity contribution < 1.29 is 4.79 Å². The molecule has 3 nitrogen and oxygen atoms in total. The number of nitrogens with zero attached hydrogens (tertiary/aromatic N) is 1. The highest BCUT2D eigenvalue weighted by molar-refractivity contribution is 5.91. The summed E-state index contributed by atoms with van der Waals surface area (Å²) in [5.41, 5.74) is 4.72. The molecule has 0 saturated carbocycles. The van der Waals surface area contributed by atoms with Crippen LogP contribution in [-0.4, -0.2) is 24.9 Å². The van der Waals surface area contributed by atoms with Crippen LogP contribution in [0.25, 0.3) is 0 Å². The SMILES string of the molecule is CN(C)Cc1ccccc1NC(=O)CCc1ccc(C(C)(C)C)cc1. The molecule has 1 amide bonds. The molecule has 2 aromatic carbocycles. The summed E-state index contributed by atoms with van der Waals surface area (Å²) in [7, 11) is 4.06. The summed E-state index contributed by atoms with van der Waals surface area (Å²) in [5.74, 6) is 0.0612. The van der Waals surface area contributed by atoms with E-state index in [4.69, 9.17) is 0 Å². The van der Waals surface area contributed by atoms with Crippen LogP contribution in [0.1, 0.15) is 43.9 Å². The smallest absolute Gasteiger partial charge is 0.224 e. The monoisotopic (exact) mass is 338 g/mol. The zero-order chi connectivity index (χ0) is 18.4. The zero-order valence-electron chi connectivity index (χ0n) is 16.1. The molecule has 0 saturated heterocycles. The summed E-state index contributed by atoms with van der Waals surface area (Å²) in [6.07, 6.45) is 1.25. The molecule has 0 fully saturated rings. The Morgan fingerprint density at radius 3 is 2.24 bits per heavy atom. The lowest BCUT2D eigenvalue weighted by atomic mass is 9.86. The predicted octanol–water partition coefficient (Wildman–Crippen LogP) is 4.62. The standard InChI is InChI=1S/C22H30N2O/c1-22(2,3)19-13-10-17(11-14-19)12-15-21(25)23-20-9-7-6-8-18(20)16-24(4)5/h6-11,13-14H,12,15-16H2,1-5H3,(H,23,25). The highest BCUT2D eigenvalue weighted by atomic mass is 16.1. The molecule has 0 radical (unpaired) electrons. The molecule has 134 valence electrons. The minimum Gasteiger partial charge on any atom is -0.326 e. The molecule has 0 aliphatic rings. The van der Waals surface area contributed by atoms with E-state index in [1.165, 1.54) is 11.1 Å². The van der Waals surface area contributed by atoms with Crippen LogP contribution in [0.3, 0.4) is 0 Å². The number of aryl methyl sites for hydroxylation is 1. The second kappa shape index (κ2) is 8.30. The summed E-state index contributed by atoms with van der Waals surface area (Å²) < 4.78 is 0. The average Bonchev–Trinajstić information content (AvgIpc) is 2.54. The van der Waals surface area contributed by atoms with Crippen molar-refractivity contribution in [1.82, 2.24) is 4.90 Å². The van der Waals surface area contributed by atoms with Gasteiger partial charge in [0.1, 0.15) is 0 Å². The van der Waals surface area contributed by atoms with E-state index in [0.717, 1.165) is 24.2 Å². The van der Waals surface area contributed by atoms with E-state index in [0.29, 0.717) is 6.42 Å². The predicted molar refractivity (Wildman–Crippen MR) is 106 cm³/mol. The molecular formula is C22H30N2O. The Morgan fingerprint density at radius 1 is 1.00 bits per heavy atom. The minimum absolute atomic E-state index is 0.0612. The van der Waals surface area contributed by atoms with Gasteiger partial charge in [-0.3, -0.25) is 4.79 Å². The maximum absolute atomic E-state index is 12.3. The van der Waals surface area contributed by atoms with E-state index in [-0.39, 0.29) is 11.3 Å². The first-order valence-corrected chi connectivity index (χ1v) is 8.87. The van der Waals surface area contributed by atoms with Gasteiger partial charge in [0.05, 0.1) is 0 Å². The molecule has 0 aromatic heterocycles. The van der Waals surface area contributed by atoms with Crippen LogP contribution in [0, 0.1) is 0 Å². The topological polar surface area (TPSA) is 32.3 Å². The number of nitrogens with one attached hydrogen (secondary N) is 1. The number of hydrogen-bond donors (Lipinski definition) is 1. The quantitative estimate of drug-likeness (QED) is 0.834. The van der Waals surface area contributed by atoms with Crippen LogP contribution in [0.5, 0.6) is 0 Å². The Labute approximate surface area is 152 Å². The van der Waals surface area contributed by atoms with Gasteiger partial charge in [-0.2, -0.15) is 0 Å². The number of rotatable bonds is 6. The largest absolute Gasteiger partial charge is 0.326 e. The second-order valence-electron chi connectivity index (χ2n) is 7.89. The maximum atomic E-state index is 12.3. The van der Waals surface area contributed by atoms with Crippen molar-refractivity contribution in [3.63, 3.8) is 0 Å². The zero-order valence-corrected chi connectivity index (χ0v) is 16.1. The van der Waals surface area contributed by atoms with Gasteiger partial charge >= 0.3 is 0 Å². The number of benzene rings is 2. The summed E-state index contributed by atoms with van der Waals surface area (Å²) in [6.45, 7) is 7.44. The molecule has 1 N–H and O–H groups in total. The van der Waals surface area contributed by atoms with E-state index in [2.05, 4.69) is 61.3 Å². The van der Waals surface area contributed by atoms with E-state index in [1.54, 1.807) is 0 Å². The lowest BCUT2D eigenvalue weighted by molar-refractivity contribution is -0.116. The van der Waals surface area contributed by atoms with Crippen LogP contribution in [0.15, 0.2) is 48.5 Å². The van der Waals surface area contributed by atoms with E-state index in [1.807, 2.05) is 32.3 Å². The fourth-order valence-electron chi connectivity index (χ4n) is 2.76. The number of hydrogen-bond acceptors (Lipinski definition) is 2. The van der Waals surface area contributed by atoms with E-state index >= 15 is 0 Å². The first-order chi connectivity index (χ1) is 11.8. The van der Waals surface area contributed by atoms with Crippen molar-refractivity contribution in [1.29, 1.82) is 0 Å². The van der Waals surface area contributed by atoms with Crippen LogP contribution in [0.4, 0.5) is 5.69 Å². The summed E-state index contributed by atoms with van der Waals surface area (Å²) >= 11 is 0. The van der Waals surface area contributed by atoms with Gasteiger partial charge in [0.2, 0.25) is 5.91 Å². The van der Waals surface area contributed by atoms with E-state index < -0.39 is 0 Å². The molecule has 0 heterocycles. The Bertz CT molecular complexity index is 697. The Hall–Kier alpha value is -2.13. The van der Waals surface area contributed by atoms with Crippen molar-refractivity contribution in [2.45, 2.75) is 45.6 Å².